The van der Waals surface area contributed by atoms with Crippen LogP contribution in [0.2, 0.25) is 0 Å². The Morgan fingerprint density at radius 3 is 2.51 bits per heavy atom. The predicted octanol–water partition coefficient (Wildman–Crippen LogP) is 3.84. The Balaban J connectivity index is 1.39. The van der Waals surface area contributed by atoms with Gasteiger partial charge in [-0.05, 0) is 42.7 Å². The van der Waals surface area contributed by atoms with E-state index in [1.165, 1.54) is 30.7 Å². The highest BCUT2D eigenvalue weighted by Gasteiger charge is 2.34. The lowest BCUT2D eigenvalue weighted by Crippen LogP contribution is -2.43. The zero-order valence-electron chi connectivity index (χ0n) is 21.4. The summed E-state index contributed by atoms with van der Waals surface area (Å²) in [6.45, 7) is 4.44. The van der Waals surface area contributed by atoms with Crippen molar-refractivity contribution in [1.82, 2.24) is 14.4 Å². The average Bonchev–Trinajstić information content (AvgIpc) is 3.38. The van der Waals surface area contributed by atoms with E-state index in [1.807, 2.05) is 38.1 Å². The van der Waals surface area contributed by atoms with Gasteiger partial charge in [-0.3, -0.25) is 4.79 Å². The molecule has 1 amide bonds. The van der Waals surface area contributed by atoms with Crippen LogP contribution in [0.4, 0.5) is 5.69 Å². The topological polar surface area (TPSA) is 124 Å². The largest absolute Gasteiger partial charge is 0.493 e. The number of hydrogen-bond acceptors (Lipinski definition) is 8. The second-order valence-electron chi connectivity index (χ2n) is 9.29. The number of ether oxygens (including phenoxy) is 2. The Hall–Kier alpha value is -3.44. The quantitative estimate of drug-likeness (QED) is 0.444. The molecular formula is C26H32N4O6S. The molecule has 1 aliphatic rings. The lowest BCUT2D eigenvalue weighted by atomic mass is 9.98. The summed E-state index contributed by atoms with van der Waals surface area (Å²) in [5.74, 6) is 1.49. The summed E-state index contributed by atoms with van der Waals surface area (Å²) < 4.78 is 43.6. The third kappa shape index (κ3) is 6.11. The first kappa shape index (κ1) is 26.6. The molecule has 2 heterocycles. The van der Waals surface area contributed by atoms with Crippen LogP contribution in [0.1, 0.15) is 49.9 Å². The molecule has 11 heteroatoms. The summed E-state index contributed by atoms with van der Waals surface area (Å²) in [6, 6.07) is 11.9. The van der Waals surface area contributed by atoms with E-state index in [0.717, 1.165) is 5.56 Å². The summed E-state index contributed by atoms with van der Waals surface area (Å²) in [4.78, 5) is 17.5. The number of anilines is 1. The number of methoxy groups -OCH3 is 2. The van der Waals surface area contributed by atoms with Crippen molar-refractivity contribution in [2.75, 3.05) is 32.6 Å². The van der Waals surface area contributed by atoms with Crippen LogP contribution in [0.3, 0.4) is 0 Å². The van der Waals surface area contributed by atoms with Crippen molar-refractivity contribution in [3.8, 4) is 11.5 Å². The number of benzene rings is 2. The number of nitrogens with zero attached hydrogens (tertiary/aromatic N) is 3. The molecule has 10 nitrogen and oxygen atoms in total. The zero-order chi connectivity index (χ0) is 26.6. The number of carbonyl (C=O) groups excluding carboxylic acids is 1. The molecule has 0 spiro atoms. The van der Waals surface area contributed by atoms with Crippen LogP contribution >= 0.6 is 0 Å². The molecule has 1 atom stereocenters. The molecule has 37 heavy (non-hydrogen) atoms. The lowest BCUT2D eigenvalue weighted by molar-refractivity contribution is -0.120. The smallest absolute Gasteiger partial charge is 0.243 e. The summed E-state index contributed by atoms with van der Waals surface area (Å²) in [6.07, 6.45) is 1.72. The molecule has 1 saturated heterocycles. The van der Waals surface area contributed by atoms with E-state index in [1.54, 1.807) is 6.07 Å². The Labute approximate surface area is 217 Å². The first-order valence-corrected chi connectivity index (χ1v) is 13.6. The van der Waals surface area contributed by atoms with E-state index in [9.17, 15) is 13.2 Å². The van der Waals surface area contributed by atoms with Gasteiger partial charge in [-0.2, -0.15) is 9.29 Å². The minimum absolute atomic E-state index is 0.101. The monoisotopic (exact) mass is 528 g/mol. The maximum absolute atomic E-state index is 13.3. The molecule has 0 aliphatic carbocycles. The van der Waals surface area contributed by atoms with Crippen molar-refractivity contribution in [2.45, 2.75) is 43.9 Å². The number of aromatic nitrogens is 2. The normalized spacial score (nSPS) is 16.5. The molecule has 0 bridgehead atoms. The third-order valence-corrected chi connectivity index (χ3v) is 8.17. The molecule has 4 rings (SSSR count). The first-order chi connectivity index (χ1) is 17.7. The SMILES string of the molecule is COc1ccc(S(=O)(=O)N2CCC[C@H](C(=O)Nc3ccc(Cc4noc(C(C)C)n4)cc3)C2)cc1OC. The van der Waals surface area contributed by atoms with Gasteiger partial charge < -0.3 is 19.3 Å². The van der Waals surface area contributed by atoms with Crippen molar-refractivity contribution in [3.63, 3.8) is 0 Å². The van der Waals surface area contributed by atoms with Gasteiger partial charge in [-0.1, -0.05) is 31.1 Å². The van der Waals surface area contributed by atoms with Crippen molar-refractivity contribution in [3.05, 3.63) is 59.7 Å². The van der Waals surface area contributed by atoms with Crippen LogP contribution in [0.15, 0.2) is 51.9 Å². The Morgan fingerprint density at radius 1 is 1.14 bits per heavy atom. The van der Waals surface area contributed by atoms with Crippen LogP contribution in [0, 0.1) is 5.92 Å². The summed E-state index contributed by atoms with van der Waals surface area (Å²) in [7, 11) is -0.856. The fourth-order valence-electron chi connectivity index (χ4n) is 4.21. The van der Waals surface area contributed by atoms with E-state index in [0.29, 0.717) is 54.7 Å². The standard InChI is InChI=1S/C26H32N4O6S/c1-17(2)26-28-24(29-36-26)14-18-7-9-20(10-8-18)27-25(31)19-6-5-13-30(16-19)37(32,33)21-11-12-22(34-3)23(15-21)35-4/h7-12,15,17,19H,5-6,13-14,16H2,1-4H3,(H,27,31)/t19-/m0/s1. The van der Waals surface area contributed by atoms with Gasteiger partial charge in [0.1, 0.15) is 0 Å². The van der Waals surface area contributed by atoms with Crippen molar-refractivity contribution >= 4 is 21.6 Å². The van der Waals surface area contributed by atoms with Gasteiger partial charge in [0.2, 0.25) is 21.8 Å². The summed E-state index contributed by atoms with van der Waals surface area (Å²) in [5.41, 5.74) is 1.63. The Bertz CT molecular complexity index is 1340. The molecule has 1 aromatic heterocycles. The number of hydrogen-bond donors (Lipinski definition) is 1. The van der Waals surface area contributed by atoms with E-state index in [2.05, 4.69) is 15.5 Å². The van der Waals surface area contributed by atoms with Crippen LogP contribution in [-0.4, -0.2) is 56.1 Å². The van der Waals surface area contributed by atoms with Gasteiger partial charge in [0.05, 0.1) is 25.0 Å². The average molecular weight is 529 g/mol. The first-order valence-electron chi connectivity index (χ1n) is 12.2. The fraction of sp³-hybridized carbons (Fsp3) is 0.423. The molecule has 3 aromatic rings. The zero-order valence-corrected chi connectivity index (χ0v) is 22.2. The van der Waals surface area contributed by atoms with E-state index in [4.69, 9.17) is 14.0 Å². The van der Waals surface area contributed by atoms with Crippen LogP contribution < -0.4 is 14.8 Å². The highest BCUT2D eigenvalue weighted by molar-refractivity contribution is 7.89. The molecule has 0 saturated carbocycles. The number of rotatable bonds is 9. The van der Waals surface area contributed by atoms with Crippen LogP contribution in [-0.2, 0) is 21.2 Å². The minimum Gasteiger partial charge on any atom is -0.493 e. The minimum atomic E-state index is -3.80. The molecule has 0 unspecified atom stereocenters. The number of carbonyl (C=O) groups is 1. The fourth-order valence-corrected chi connectivity index (χ4v) is 5.75. The van der Waals surface area contributed by atoms with Crippen molar-refractivity contribution in [2.24, 2.45) is 5.92 Å². The van der Waals surface area contributed by atoms with E-state index < -0.39 is 15.9 Å². The van der Waals surface area contributed by atoms with Gasteiger partial charge >= 0.3 is 0 Å². The van der Waals surface area contributed by atoms with E-state index in [-0.39, 0.29) is 23.3 Å². The maximum Gasteiger partial charge on any atom is 0.243 e. The molecule has 198 valence electrons. The van der Waals surface area contributed by atoms with Crippen molar-refractivity contribution < 1.29 is 27.2 Å². The summed E-state index contributed by atoms with van der Waals surface area (Å²) >= 11 is 0. The van der Waals surface area contributed by atoms with Gasteiger partial charge in [-0.25, -0.2) is 8.42 Å². The van der Waals surface area contributed by atoms with Gasteiger partial charge in [-0.15, -0.1) is 0 Å². The Kier molecular flexibility index (Phi) is 8.13. The van der Waals surface area contributed by atoms with Crippen molar-refractivity contribution in [1.29, 1.82) is 0 Å². The number of nitrogens with one attached hydrogen (secondary N) is 1. The van der Waals surface area contributed by atoms with Crippen LogP contribution in [0.5, 0.6) is 11.5 Å². The lowest BCUT2D eigenvalue weighted by Gasteiger charge is -2.31. The van der Waals surface area contributed by atoms with Gasteiger partial charge in [0.25, 0.3) is 0 Å². The second-order valence-corrected chi connectivity index (χ2v) is 11.2. The third-order valence-electron chi connectivity index (χ3n) is 6.31. The number of piperidine rings is 1. The van der Waals surface area contributed by atoms with E-state index >= 15 is 0 Å². The predicted molar refractivity (Wildman–Crippen MR) is 137 cm³/mol. The summed E-state index contributed by atoms with van der Waals surface area (Å²) in [5, 5.41) is 6.93. The molecule has 0 radical (unpaired) electrons. The molecule has 2 aromatic carbocycles. The molecule has 1 fully saturated rings. The van der Waals surface area contributed by atoms with Gasteiger partial charge in [0, 0.05) is 37.2 Å². The van der Waals surface area contributed by atoms with Gasteiger partial charge in [0.15, 0.2) is 17.3 Å². The molecule has 1 aliphatic heterocycles. The number of amides is 1. The molecular weight excluding hydrogens is 496 g/mol. The highest BCUT2D eigenvalue weighted by atomic mass is 32.2. The Morgan fingerprint density at radius 2 is 1.86 bits per heavy atom. The number of sulfonamides is 1. The second kappa shape index (κ2) is 11.3. The van der Waals surface area contributed by atoms with Crippen LogP contribution in [0.25, 0.3) is 0 Å². The highest BCUT2D eigenvalue weighted by Crippen LogP contribution is 2.32. The maximum atomic E-state index is 13.3. The molecule has 1 N–H and O–H groups in total.